The van der Waals surface area contributed by atoms with E-state index >= 15 is 0 Å². The van der Waals surface area contributed by atoms with Crippen molar-refractivity contribution in [2.45, 2.75) is 44.2 Å². The number of hydrogen-bond donors (Lipinski definition) is 1. The third kappa shape index (κ3) is 3.79. The van der Waals surface area contributed by atoms with Crippen LogP contribution in [0.15, 0.2) is 24.3 Å². The number of rotatable bonds is 4. The SMILES string of the molecule is CN(CCc1cccc(F)c1)C1CCC(O)CC1. The van der Waals surface area contributed by atoms with Gasteiger partial charge in [0.2, 0.25) is 0 Å². The van der Waals surface area contributed by atoms with Gasteiger partial charge in [-0.15, -0.1) is 0 Å². The second kappa shape index (κ2) is 6.30. The number of likely N-dealkylation sites (N-methyl/N-ethyl adjacent to an activating group) is 1. The van der Waals surface area contributed by atoms with Crippen LogP contribution in [0.1, 0.15) is 31.2 Å². The molecule has 18 heavy (non-hydrogen) atoms. The van der Waals surface area contributed by atoms with Crippen LogP contribution in [0, 0.1) is 5.82 Å². The summed E-state index contributed by atoms with van der Waals surface area (Å²) in [6.45, 7) is 0.949. The molecule has 0 spiro atoms. The van der Waals surface area contributed by atoms with Crippen LogP contribution >= 0.6 is 0 Å². The van der Waals surface area contributed by atoms with E-state index in [0.717, 1.165) is 44.2 Å². The van der Waals surface area contributed by atoms with Gasteiger partial charge in [0.25, 0.3) is 0 Å². The highest BCUT2D eigenvalue weighted by molar-refractivity contribution is 5.16. The number of nitrogens with zero attached hydrogens (tertiary/aromatic N) is 1. The molecule has 0 radical (unpaired) electrons. The summed E-state index contributed by atoms with van der Waals surface area (Å²) >= 11 is 0. The van der Waals surface area contributed by atoms with E-state index in [0.29, 0.717) is 6.04 Å². The standard InChI is InChI=1S/C15H22FNO/c1-17(14-5-7-15(18)8-6-14)10-9-12-3-2-4-13(16)11-12/h2-4,11,14-15,18H,5-10H2,1H3. The van der Waals surface area contributed by atoms with Gasteiger partial charge in [0.05, 0.1) is 6.10 Å². The van der Waals surface area contributed by atoms with Crippen LogP contribution in [0.25, 0.3) is 0 Å². The molecule has 0 heterocycles. The fraction of sp³-hybridized carbons (Fsp3) is 0.600. The zero-order valence-corrected chi connectivity index (χ0v) is 11.0. The van der Waals surface area contributed by atoms with Gasteiger partial charge in [-0.1, -0.05) is 12.1 Å². The first-order chi connectivity index (χ1) is 8.65. The summed E-state index contributed by atoms with van der Waals surface area (Å²) in [5.74, 6) is -0.157. The van der Waals surface area contributed by atoms with Gasteiger partial charge in [-0.3, -0.25) is 0 Å². The highest BCUT2D eigenvalue weighted by atomic mass is 19.1. The first-order valence-electron chi connectivity index (χ1n) is 6.78. The third-order valence-electron chi connectivity index (χ3n) is 3.93. The van der Waals surface area contributed by atoms with Gasteiger partial charge in [-0.05, 0) is 56.8 Å². The van der Waals surface area contributed by atoms with Crippen molar-refractivity contribution in [3.63, 3.8) is 0 Å². The Labute approximate surface area is 108 Å². The summed E-state index contributed by atoms with van der Waals surface area (Å²) in [5.41, 5.74) is 1.05. The Bertz CT molecular complexity index is 375. The van der Waals surface area contributed by atoms with E-state index < -0.39 is 0 Å². The van der Waals surface area contributed by atoms with Crippen molar-refractivity contribution in [3.05, 3.63) is 35.6 Å². The zero-order chi connectivity index (χ0) is 13.0. The molecule has 1 fully saturated rings. The van der Waals surface area contributed by atoms with Crippen LogP contribution in [0.3, 0.4) is 0 Å². The minimum atomic E-state index is -0.157. The van der Waals surface area contributed by atoms with E-state index in [2.05, 4.69) is 11.9 Å². The van der Waals surface area contributed by atoms with Crippen molar-refractivity contribution in [3.8, 4) is 0 Å². The van der Waals surface area contributed by atoms with Crippen LogP contribution in [0.2, 0.25) is 0 Å². The average molecular weight is 251 g/mol. The molecule has 0 saturated heterocycles. The zero-order valence-electron chi connectivity index (χ0n) is 11.0. The Morgan fingerprint density at radius 3 is 2.67 bits per heavy atom. The Hall–Kier alpha value is -0.930. The van der Waals surface area contributed by atoms with Crippen LogP contribution in [0.5, 0.6) is 0 Å². The second-order valence-corrected chi connectivity index (χ2v) is 5.32. The van der Waals surface area contributed by atoms with E-state index in [1.807, 2.05) is 6.07 Å². The van der Waals surface area contributed by atoms with Gasteiger partial charge in [-0.25, -0.2) is 4.39 Å². The molecule has 1 aromatic rings. The molecule has 2 nitrogen and oxygen atoms in total. The van der Waals surface area contributed by atoms with Crippen molar-refractivity contribution in [1.29, 1.82) is 0 Å². The quantitative estimate of drug-likeness (QED) is 0.889. The maximum atomic E-state index is 13.0. The second-order valence-electron chi connectivity index (χ2n) is 5.32. The molecule has 0 unspecified atom stereocenters. The lowest BCUT2D eigenvalue weighted by molar-refractivity contribution is 0.0847. The highest BCUT2D eigenvalue weighted by Gasteiger charge is 2.22. The molecular formula is C15H22FNO. The molecule has 1 N–H and O–H groups in total. The Morgan fingerprint density at radius 2 is 2.00 bits per heavy atom. The van der Waals surface area contributed by atoms with E-state index in [1.165, 1.54) is 6.07 Å². The third-order valence-corrected chi connectivity index (χ3v) is 3.93. The maximum absolute atomic E-state index is 13.0. The molecule has 100 valence electrons. The summed E-state index contributed by atoms with van der Waals surface area (Å²) < 4.78 is 13.0. The van der Waals surface area contributed by atoms with Crippen LogP contribution in [-0.4, -0.2) is 35.7 Å². The number of hydrogen-bond acceptors (Lipinski definition) is 2. The number of aliphatic hydroxyl groups is 1. The molecule has 1 aliphatic rings. The number of halogens is 1. The minimum absolute atomic E-state index is 0.0992. The Kier molecular flexibility index (Phi) is 4.72. The van der Waals surface area contributed by atoms with Gasteiger partial charge < -0.3 is 10.0 Å². The lowest BCUT2D eigenvalue weighted by atomic mass is 9.92. The lowest BCUT2D eigenvalue weighted by Gasteiger charge is -2.33. The molecule has 0 amide bonds. The fourth-order valence-corrected chi connectivity index (χ4v) is 2.68. The Balaban J connectivity index is 1.79. The highest BCUT2D eigenvalue weighted by Crippen LogP contribution is 2.22. The molecule has 1 aromatic carbocycles. The monoisotopic (exact) mass is 251 g/mol. The fourth-order valence-electron chi connectivity index (χ4n) is 2.68. The van der Waals surface area contributed by atoms with E-state index in [4.69, 9.17) is 0 Å². The van der Waals surface area contributed by atoms with Crippen molar-refractivity contribution in [2.75, 3.05) is 13.6 Å². The van der Waals surface area contributed by atoms with E-state index in [1.54, 1.807) is 12.1 Å². The molecule has 1 aliphatic carbocycles. The first-order valence-corrected chi connectivity index (χ1v) is 6.78. The summed E-state index contributed by atoms with van der Waals surface area (Å²) in [4.78, 5) is 2.34. The Morgan fingerprint density at radius 1 is 1.28 bits per heavy atom. The van der Waals surface area contributed by atoms with Gasteiger partial charge >= 0.3 is 0 Å². The molecule has 0 aliphatic heterocycles. The summed E-state index contributed by atoms with van der Waals surface area (Å²) in [6, 6.07) is 7.40. The van der Waals surface area contributed by atoms with Crippen molar-refractivity contribution < 1.29 is 9.50 Å². The molecule has 0 bridgehead atoms. The largest absolute Gasteiger partial charge is 0.393 e. The molecule has 1 saturated carbocycles. The van der Waals surface area contributed by atoms with Crippen molar-refractivity contribution in [1.82, 2.24) is 4.90 Å². The van der Waals surface area contributed by atoms with Gasteiger partial charge in [0.1, 0.15) is 5.82 Å². The minimum Gasteiger partial charge on any atom is -0.393 e. The maximum Gasteiger partial charge on any atom is 0.123 e. The van der Waals surface area contributed by atoms with Crippen LogP contribution in [0.4, 0.5) is 4.39 Å². The van der Waals surface area contributed by atoms with E-state index in [-0.39, 0.29) is 11.9 Å². The first kappa shape index (κ1) is 13.5. The molecule has 0 atom stereocenters. The van der Waals surface area contributed by atoms with Crippen LogP contribution < -0.4 is 0 Å². The predicted molar refractivity (Wildman–Crippen MR) is 71.0 cm³/mol. The normalized spacial score (nSPS) is 24.4. The van der Waals surface area contributed by atoms with Gasteiger partial charge in [0.15, 0.2) is 0 Å². The number of benzene rings is 1. The molecule has 3 heteroatoms. The smallest absolute Gasteiger partial charge is 0.123 e. The lowest BCUT2D eigenvalue weighted by Crippen LogP contribution is -2.37. The molecule has 2 rings (SSSR count). The van der Waals surface area contributed by atoms with Gasteiger partial charge in [-0.2, -0.15) is 0 Å². The average Bonchev–Trinajstić information content (AvgIpc) is 2.37. The summed E-state index contributed by atoms with van der Waals surface area (Å²) in [7, 11) is 2.13. The number of aliphatic hydroxyl groups excluding tert-OH is 1. The summed E-state index contributed by atoms with van der Waals surface area (Å²) in [5, 5.41) is 9.49. The molecule has 0 aromatic heterocycles. The topological polar surface area (TPSA) is 23.5 Å². The van der Waals surface area contributed by atoms with Crippen molar-refractivity contribution >= 4 is 0 Å². The summed E-state index contributed by atoms with van der Waals surface area (Å²) in [6.07, 6.45) is 4.75. The van der Waals surface area contributed by atoms with Crippen molar-refractivity contribution in [2.24, 2.45) is 0 Å². The molecular weight excluding hydrogens is 229 g/mol. The van der Waals surface area contributed by atoms with E-state index in [9.17, 15) is 9.50 Å². The van der Waals surface area contributed by atoms with Gasteiger partial charge in [0, 0.05) is 12.6 Å². The van der Waals surface area contributed by atoms with Crippen LogP contribution in [-0.2, 0) is 6.42 Å². The predicted octanol–water partition coefficient (Wildman–Crippen LogP) is 2.60.